The Balaban J connectivity index is 1.79. The van der Waals surface area contributed by atoms with Crippen molar-refractivity contribution in [2.45, 2.75) is 84.6 Å². The molecule has 2 bridgehead atoms. The van der Waals surface area contributed by atoms with E-state index in [4.69, 9.17) is 10.5 Å². The van der Waals surface area contributed by atoms with Crippen LogP contribution >= 0.6 is 0 Å². The lowest BCUT2D eigenvalue weighted by Gasteiger charge is -2.60. The summed E-state index contributed by atoms with van der Waals surface area (Å²) in [6.45, 7) is 13.9. The van der Waals surface area contributed by atoms with Gasteiger partial charge in [0.15, 0.2) is 0 Å². The summed E-state index contributed by atoms with van der Waals surface area (Å²) in [5.41, 5.74) is 20.0. The highest BCUT2D eigenvalue weighted by molar-refractivity contribution is 5.56. The molecule has 0 radical (unpaired) electrons. The van der Waals surface area contributed by atoms with Crippen LogP contribution in [0.15, 0.2) is 6.07 Å². The summed E-state index contributed by atoms with van der Waals surface area (Å²) in [4.78, 5) is 4.99. The first-order valence-electron chi connectivity index (χ1n) is 12.5. The second-order valence-corrected chi connectivity index (χ2v) is 10.7. The molecule has 2 aromatic rings. The van der Waals surface area contributed by atoms with Crippen LogP contribution in [0, 0.1) is 52.9 Å². The molecule has 34 heavy (non-hydrogen) atoms. The lowest BCUT2D eigenvalue weighted by molar-refractivity contribution is -0.0701. The number of nitrogens with two attached hydrogens (primary N) is 1. The van der Waals surface area contributed by atoms with Gasteiger partial charge in [-0.1, -0.05) is 6.07 Å². The predicted molar refractivity (Wildman–Crippen MR) is 136 cm³/mol. The van der Waals surface area contributed by atoms with Crippen LogP contribution in [0.4, 0.5) is 0 Å². The van der Waals surface area contributed by atoms with Gasteiger partial charge in [-0.15, -0.1) is 0 Å². The molecule has 3 aliphatic heterocycles. The molecular weight excluding hydrogens is 420 g/mol. The molecule has 0 aromatic heterocycles. The standard InChI is InChI=1S/C29H38N4O/c1-14-9-20-10-22-24(12-30)33-23(28(32(22)7)26(20)19(6)29(14)34-8)11-21-17(4)15(2)16(3)18(5)27(21)25(33)13-31/h9,22-25,28H,10-11,13,31H2,1-8H3/t22-,23-,24-,25-,28-/m0/s1. The second kappa shape index (κ2) is 8.09. The Morgan fingerprint density at radius 3 is 2.26 bits per heavy atom. The summed E-state index contributed by atoms with van der Waals surface area (Å²) in [5.74, 6) is 0.990. The number of fused-ring (bicyclic) bond motifs is 7. The zero-order chi connectivity index (χ0) is 24.6. The number of methoxy groups -OCH3 is 1. The average molecular weight is 459 g/mol. The molecule has 0 spiro atoms. The molecule has 180 valence electrons. The molecule has 5 atom stereocenters. The summed E-state index contributed by atoms with van der Waals surface area (Å²) in [6, 6.07) is 5.45. The molecule has 5 nitrogen and oxygen atoms in total. The van der Waals surface area contributed by atoms with Crippen LogP contribution in [0.3, 0.4) is 0 Å². The third kappa shape index (κ3) is 2.89. The quantitative estimate of drug-likeness (QED) is 0.728. The first-order valence-corrected chi connectivity index (χ1v) is 12.5. The number of nitrogens with zero attached hydrogens (tertiary/aromatic N) is 3. The van der Waals surface area contributed by atoms with Crippen LogP contribution in [0.1, 0.15) is 67.7 Å². The maximum Gasteiger partial charge on any atom is 0.125 e. The zero-order valence-corrected chi connectivity index (χ0v) is 21.9. The van der Waals surface area contributed by atoms with Gasteiger partial charge >= 0.3 is 0 Å². The third-order valence-electron chi connectivity index (χ3n) is 9.49. The van der Waals surface area contributed by atoms with E-state index < -0.39 is 0 Å². The van der Waals surface area contributed by atoms with E-state index in [-0.39, 0.29) is 30.2 Å². The Kier molecular flexibility index (Phi) is 5.55. The molecule has 0 unspecified atom stereocenters. The van der Waals surface area contributed by atoms with Crippen molar-refractivity contribution in [3.63, 3.8) is 0 Å². The van der Waals surface area contributed by atoms with Gasteiger partial charge < -0.3 is 10.5 Å². The molecular formula is C29H38N4O. The van der Waals surface area contributed by atoms with Crippen LogP contribution in [0.25, 0.3) is 0 Å². The van der Waals surface area contributed by atoms with Gasteiger partial charge in [-0.05, 0) is 117 Å². The van der Waals surface area contributed by atoms with Crippen LogP contribution in [-0.4, -0.2) is 48.6 Å². The van der Waals surface area contributed by atoms with Crippen molar-refractivity contribution in [2.24, 2.45) is 5.73 Å². The highest BCUT2D eigenvalue weighted by Gasteiger charge is 2.55. The van der Waals surface area contributed by atoms with Gasteiger partial charge in [-0.25, -0.2) is 0 Å². The average Bonchev–Trinajstić information content (AvgIpc) is 2.81. The number of benzene rings is 2. The molecule has 3 heterocycles. The maximum atomic E-state index is 10.5. The summed E-state index contributed by atoms with van der Waals surface area (Å²) in [5, 5.41) is 10.5. The SMILES string of the molecule is COc1c(C)cc2c(c1C)[C@@H]1[C@@H]3Cc4c(C)c(C)c(C)c(C)c4[C@H](CN)N3[C@@H](C#N)[C@H](C2)N1C. The maximum absolute atomic E-state index is 10.5. The van der Waals surface area contributed by atoms with Crippen molar-refractivity contribution < 1.29 is 4.74 Å². The first-order chi connectivity index (χ1) is 16.2. The minimum Gasteiger partial charge on any atom is -0.496 e. The number of hydrogen-bond acceptors (Lipinski definition) is 5. The van der Waals surface area contributed by atoms with E-state index in [1.165, 1.54) is 55.6 Å². The Bertz CT molecular complexity index is 1230. The molecule has 1 saturated heterocycles. The summed E-state index contributed by atoms with van der Waals surface area (Å²) in [6.07, 6.45) is 1.82. The molecule has 2 aromatic carbocycles. The van der Waals surface area contributed by atoms with Crippen LogP contribution in [0.2, 0.25) is 0 Å². The van der Waals surface area contributed by atoms with Crippen molar-refractivity contribution in [3.05, 3.63) is 61.7 Å². The Hall–Kier alpha value is -2.39. The van der Waals surface area contributed by atoms with Gasteiger partial charge in [0.1, 0.15) is 11.8 Å². The minimum absolute atomic E-state index is 0.0595. The number of likely N-dealkylation sites (N-methyl/N-ethyl adjacent to an activating group) is 1. The monoisotopic (exact) mass is 458 g/mol. The van der Waals surface area contributed by atoms with Crippen molar-refractivity contribution in [1.82, 2.24) is 9.80 Å². The number of rotatable bonds is 2. The Morgan fingerprint density at radius 2 is 1.65 bits per heavy atom. The number of ether oxygens (including phenoxy) is 1. The predicted octanol–water partition coefficient (Wildman–Crippen LogP) is 4.28. The summed E-state index contributed by atoms with van der Waals surface area (Å²) < 4.78 is 5.85. The van der Waals surface area contributed by atoms with E-state index in [2.05, 4.69) is 70.5 Å². The van der Waals surface area contributed by atoms with Gasteiger partial charge in [-0.3, -0.25) is 9.80 Å². The number of nitriles is 1. The number of piperazine rings is 1. The van der Waals surface area contributed by atoms with E-state index in [0.717, 1.165) is 18.6 Å². The largest absolute Gasteiger partial charge is 0.496 e. The minimum atomic E-state index is -0.190. The van der Waals surface area contributed by atoms with Crippen molar-refractivity contribution in [2.75, 3.05) is 20.7 Å². The van der Waals surface area contributed by atoms with Crippen LogP contribution in [0.5, 0.6) is 5.75 Å². The van der Waals surface area contributed by atoms with E-state index in [0.29, 0.717) is 6.54 Å². The molecule has 1 fully saturated rings. The van der Waals surface area contributed by atoms with E-state index in [1.807, 2.05) is 0 Å². The highest BCUT2D eigenvalue weighted by Crippen LogP contribution is 2.52. The summed E-state index contributed by atoms with van der Waals surface area (Å²) >= 11 is 0. The molecule has 5 rings (SSSR count). The van der Waals surface area contributed by atoms with Gasteiger partial charge in [0.2, 0.25) is 0 Å². The Labute approximate surface area is 204 Å². The highest BCUT2D eigenvalue weighted by atomic mass is 16.5. The topological polar surface area (TPSA) is 65.5 Å². The summed E-state index contributed by atoms with van der Waals surface area (Å²) in [7, 11) is 3.99. The van der Waals surface area contributed by atoms with Gasteiger partial charge in [0.05, 0.1) is 19.2 Å². The number of hydrogen-bond donors (Lipinski definition) is 1. The lowest BCUT2D eigenvalue weighted by Crippen LogP contribution is -2.68. The fourth-order valence-corrected chi connectivity index (χ4v) is 7.63. The fourth-order valence-electron chi connectivity index (χ4n) is 7.63. The molecule has 0 amide bonds. The van der Waals surface area contributed by atoms with Gasteiger partial charge in [0.25, 0.3) is 0 Å². The van der Waals surface area contributed by atoms with E-state index >= 15 is 0 Å². The normalized spacial score (nSPS) is 28.1. The third-order valence-corrected chi connectivity index (χ3v) is 9.49. The molecule has 5 heteroatoms. The zero-order valence-electron chi connectivity index (χ0n) is 21.9. The van der Waals surface area contributed by atoms with Gasteiger partial charge in [-0.2, -0.15) is 5.26 Å². The molecule has 0 aliphatic carbocycles. The van der Waals surface area contributed by atoms with Crippen molar-refractivity contribution in [1.29, 1.82) is 5.26 Å². The van der Waals surface area contributed by atoms with E-state index in [1.54, 1.807) is 7.11 Å². The smallest absolute Gasteiger partial charge is 0.125 e. The van der Waals surface area contributed by atoms with Crippen molar-refractivity contribution in [3.8, 4) is 11.8 Å². The fraction of sp³-hybridized carbons (Fsp3) is 0.552. The van der Waals surface area contributed by atoms with Crippen molar-refractivity contribution >= 4 is 0 Å². The molecule has 3 aliphatic rings. The van der Waals surface area contributed by atoms with Crippen LogP contribution < -0.4 is 10.5 Å². The Morgan fingerprint density at radius 1 is 0.971 bits per heavy atom. The molecule has 0 saturated carbocycles. The molecule has 2 N–H and O–H groups in total. The van der Waals surface area contributed by atoms with Crippen LogP contribution in [-0.2, 0) is 12.8 Å². The number of aryl methyl sites for hydroxylation is 1. The second-order valence-electron chi connectivity index (χ2n) is 10.7. The van der Waals surface area contributed by atoms with Gasteiger partial charge in [0, 0.05) is 24.7 Å². The first kappa shape index (κ1) is 23.4. The van der Waals surface area contributed by atoms with E-state index in [9.17, 15) is 5.26 Å². The lowest BCUT2D eigenvalue weighted by atomic mass is 9.69.